The van der Waals surface area contributed by atoms with Gasteiger partial charge in [0, 0.05) is 6.61 Å². The molecule has 3 rings (SSSR count). The number of nitrogens with one attached hydrogen (secondary N) is 1. The maximum atomic E-state index is 14.1. The summed E-state index contributed by atoms with van der Waals surface area (Å²) in [5.41, 5.74) is -0.0793. The van der Waals surface area contributed by atoms with Gasteiger partial charge >= 0.3 is 12.1 Å². The molecule has 0 heterocycles. The normalized spacial score (nSPS) is 16.3. The number of carbonyl (C=O) groups excluding carboxylic acids is 2. The number of carbonyl (C=O) groups is 2. The fourth-order valence-corrected chi connectivity index (χ4v) is 5.11. The van der Waals surface area contributed by atoms with Crippen LogP contribution in [0.3, 0.4) is 0 Å². The monoisotopic (exact) mass is 530 g/mol. The predicted octanol–water partition coefficient (Wildman–Crippen LogP) is 2.91. The fraction of sp³-hybridized carbons (Fsp3) is 0.667. The maximum Gasteiger partial charge on any atom is 0.412 e. The summed E-state index contributed by atoms with van der Waals surface area (Å²) in [6, 6.07) is 4.49. The van der Waals surface area contributed by atoms with Gasteiger partial charge in [-0.1, -0.05) is 6.07 Å². The summed E-state index contributed by atoms with van der Waals surface area (Å²) in [5.74, 6) is -0.642. The molecule has 1 amide bonds. The maximum absolute atomic E-state index is 14.1. The van der Waals surface area contributed by atoms with Gasteiger partial charge in [-0.3, -0.25) is 9.69 Å². The van der Waals surface area contributed by atoms with Gasteiger partial charge in [-0.15, -0.1) is 0 Å². The van der Waals surface area contributed by atoms with E-state index < -0.39 is 33.4 Å². The van der Waals surface area contributed by atoms with Gasteiger partial charge in [0.1, 0.15) is 13.3 Å². The minimum Gasteiger partial charge on any atom is -0.490 e. The zero-order chi connectivity index (χ0) is 26.2. The van der Waals surface area contributed by atoms with Crippen LogP contribution in [-0.2, 0) is 34.6 Å². The van der Waals surface area contributed by atoms with Crippen LogP contribution in [0.25, 0.3) is 0 Å². The molecule has 0 saturated heterocycles. The molecular weight excluding hydrogens is 495 g/mol. The highest BCUT2D eigenvalue weighted by Gasteiger charge is 2.47. The molecule has 202 valence electrons. The van der Waals surface area contributed by atoms with Crippen LogP contribution in [0.2, 0.25) is 0 Å². The fourth-order valence-electron chi connectivity index (χ4n) is 3.59. The average Bonchev–Trinajstić information content (AvgIpc) is 3.75. The van der Waals surface area contributed by atoms with Crippen LogP contribution >= 0.6 is 0 Å². The lowest BCUT2D eigenvalue weighted by molar-refractivity contribution is -0.145. The van der Waals surface area contributed by atoms with Crippen LogP contribution in [0, 0.1) is 11.7 Å². The van der Waals surface area contributed by atoms with Crippen molar-refractivity contribution in [2.75, 3.05) is 45.5 Å². The van der Waals surface area contributed by atoms with E-state index in [0.29, 0.717) is 30.9 Å². The van der Waals surface area contributed by atoms with Gasteiger partial charge < -0.3 is 18.9 Å². The largest absolute Gasteiger partial charge is 0.490 e. The summed E-state index contributed by atoms with van der Waals surface area (Å²) in [7, 11) is -3.66. The summed E-state index contributed by atoms with van der Waals surface area (Å²) in [5, 5.41) is 0. The third-order valence-electron chi connectivity index (χ3n) is 5.86. The number of nitrogens with zero attached hydrogens (tertiary/aromatic N) is 1. The van der Waals surface area contributed by atoms with Crippen molar-refractivity contribution >= 4 is 22.1 Å². The van der Waals surface area contributed by atoms with Gasteiger partial charge in [-0.05, 0) is 69.6 Å². The van der Waals surface area contributed by atoms with Gasteiger partial charge in [0.2, 0.25) is 10.0 Å². The zero-order valence-electron chi connectivity index (χ0n) is 20.8. The van der Waals surface area contributed by atoms with Crippen molar-refractivity contribution in [1.82, 2.24) is 9.62 Å². The Morgan fingerprint density at radius 3 is 2.53 bits per heavy atom. The lowest BCUT2D eigenvalue weighted by atomic mass is 10.1. The van der Waals surface area contributed by atoms with Crippen LogP contribution in [0.4, 0.5) is 9.18 Å². The van der Waals surface area contributed by atoms with Crippen molar-refractivity contribution < 1.29 is 41.3 Å². The highest BCUT2D eigenvalue weighted by molar-refractivity contribution is 7.89. The van der Waals surface area contributed by atoms with Crippen molar-refractivity contribution in [2.24, 2.45) is 5.92 Å². The van der Waals surface area contributed by atoms with Crippen molar-refractivity contribution in [3.63, 3.8) is 0 Å². The summed E-state index contributed by atoms with van der Waals surface area (Å²) < 4.78 is 63.1. The van der Waals surface area contributed by atoms with Crippen molar-refractivity contribution in [2.45, 2.75) is 51.5 Å². The molecular formula is C24H35FN2O8S. The molecule has 0 aliphatic heterocycles. The first kappa shape index (κ1) is 28.1. The Bertz CT molecular complexity index is 1010. The van der Waals surface area contributed by atoms with Crippen LogP contribution in [0.15, 0.2) is 18.2 Å². The Hall–Kier alpha value is -2.44. The molecule has 36 heavy (non-hydrogen) atoms. The van der Waals surface area contributed by atoms with E-state index >= 15 is 0 Å². The molecule has 0 radical (unpaired) electrons. The minimum atomic E-state index is -3.66. The van der Waals surface area contributed by atoms with Crippen molar-refractivity contribution in [1.29, 1.82) is 0 Å². The zero-order valence-corrected chi connectivity index (χ0v) is 21.6. The molecule has 12 heteroatoms. The molecule has 2 saturated carbocycles. The Balaban J connectivity index is 1.47. The van der Waals surface area contributed by atoms with Gasteiger partial charge in [-0.2, -0.15) is 0 Å². The topological polar surface area (TPSA) is 120 Å². The molecule has 0 atom stereocenters. The van der Waals surface area contributed by atoms with Gasteiger partial charge in [0.15, 0.2) is 11.6 Å². The van der Waals surface area contributed by atoms with E-state index in [-0.39, 0.29) is 51.0 Å². The molecule has 2 aliphatic carbocycles. The number of esters is 1. The van der Waals surface area contributed by atoms with E-state index in [2.05, 4.69) is 4.72 Å². The van der Waals surface area contributed by atoms with Gasteiger partial charge in [0.25, 0.3) is 0 Å². The summed E-state index contributed by atoms with van der Waals surface area (Å²) in [6.07, 6.45) is 2.83. The first-order valence-electron chi connectivity index (χ1n) is 12.3. The summed E-state index contributed by atoms with van der Waals surface area (Å²) in [4.78, 5) is 24.8. The predicted molar refractivity (Wildman–Crippen MR) is 128 cm³/mol. The molecule has 2 aliphatic rings. The van der Waals surface area contributed by atoms with E-state index in [1.165, 1.54) is 6.07 Å². The quantitative estimate of drug-likeness (QED) is 0.197. The van der Waals surface area contributed by atoms with Crippen LogP contribution in [-0.4, -0.2) is 70.8 Å². The molecule has 10 nitrogen and oxygen atoms in total. The molecule has 0 aromatic heterocycles. The smallest absolute Gasteiger partial charge is 0.412 e. The van der Waals surface area contributed by atoms with Crippen LogP contribution in [0.5, 0.6) is 5.75 Å². The average molecular weight is 531 g/mol. The van der Waals surface area contributed by atoms with Crippen LogP contribution < -0.4 is 9.46 Å². The third-order valence-corrected chi connectivity index (χ3v) is 7.38. The molecule has 0 spiro atoms. The first-order valence-corrected chi connectivity index (χ1v) is 13.9. The number of ether oxygens (including phenoxy) is 4. The van der Waals surface area contributed by atoms with Crippen molar-refractivity contribution in [3.05, 3.63) is 29.6 Å². The lowest BCUT2D eigenvalue weighted by Gasteiger charge is -2.21. The number of hydrogen-bond donors (Lipinski definition) is 1. The number of rotatable bonds is 16. The standard InChI is InChI=1S/C24H35FN2O8S/c1-3-33-22(28)15-27(23(29)34-4-2)17-32-12-5-13-36(30,31)26-24(10-11-24)19-8-9-20(25)21(14-19)35-16-18-6-7-18/h8-9,14,18,26H,3-7,10-13,15-17H2,1-2H3. The van der Waals surface area contributed by atoms with E-state index in [1.54, 1.807) is 26.0 Å². The van der Waals surface area contributed by atoms with E-state index in [1.807, 2.05) is 0 Å². The lowest BCUT2D eigenvalue weighted by Crippen LogP contribution is -2.39. The van der Waals surface area contributed by atoms with Crippen molar-refractivity contribution in [3.8, 4) is 5.75 Å². The SMILES string of the molecule is CCOC(=O)CN(COCCCS(=O)(=O)NC1(c2ccc(F)c(OCC3CC3)c2)CC1)C(=O)OCC. The second-order valence-corrected chi connectivity index (χ2v) is 10.8. The Kier molecular flexibility index (Phi) is 9.92. The molecule has 1 aromatic rings. The molecule has 0 bridgehead atoms. The second-order valence-electron chi connectivity index (χ2n) is 9.00. The van der Waals surface area contributed by atoms with Crippen LogP contribution in [0.1, 0.15) is 51.5 Å². The van der Waals surface area contributed by atoms with E-state index in [4.69, 9.17) is 18.9 Å². The second kappa shape index (κ2) is 12.7. The first-order chi connectivity index (χ1) is 17.2. The Labute approximate surface area is 211 Å². The highest BCUT2D eigenvalue weighted by Crippen LogP contribution is 2.47. The number of benzene rings is 1. The molecule has 2 fully saturated rings. The number of halogens is 1. The Morgan fingerprint density at radius 1 is 1.17 bits per heavy atom. The highest BCUT2D eigenvalue weighted by atomic mass is 32.2. The minimum absolute atomic E-state index is 0.0440. The van der Waals surface area contributed by atoms with Gasteiger partial charge in [-0.25, -0.2) is 22.3 Å². The van der Waals surface area contributed by atoms with E-state index in [9.17, 15) is 22.4 Å². The summed E-state index contributed by atoms with van der Waals surface area (Å²) >= 11 is 0. The Morgan fingerprint density at radius 2 is 1.89 bits per heavy atom. The number of amides is 1. The number of sulfonamides is 1. The molecule has 0 unspecified atom stereocenters. The molecule has 1 N–H and O–H groups in total. The summed E-state index contributed by atoms with van der Waals surface area (Å²) in [6.45, 7) is 3.53. The number of hydrogen-bond acceptors (Lipinski definition) is 8. The van der Waals surface area contributed by atoms with Gasteiger partial charge in [0.05, 0.1) is 31.1 Å². The van der Waals surface area contributed by atoms with E-state index in [0.717, 1.165) is 17.7 Å². The molecule has 1 aromatic carbocycles. The third kappa shape index (κ3) is 8.59.